The summed E-state index contributed by atoms with van der Waals surface area (Å²) in [5.74, 6) is -0.776. The van der Waals surface area contributed by atoms with Crippen LogP contribution in [0.5, 0.6) is 0 Å². The second-order valence-electron chi connectivity index (χ2n) is 5.24. The predicted molar refractivity (Wildman–Crippen MR) is 90.3 cm³/mol. The number of rotatable bonds is 8. The van der Waals surface area contributed by atoms with Crippen molar-refractivity contribution in [2.24, 2.45) is 11.5 Å². The van der Waals surface area contributed by atoms with Gasteiger partial charge >= 0.3 is 0 Å². The third-order valence-electron chi connectivity index (χ3n) is 3.35. The predicted octanol–water partition coefficient (Wildman–Crippen LogP) is -3.44. The summed E-state index contributed by atoms with van der Waals surface area (Å²) in [4.78, 5) is 47.6. The second kappa shape index (κ2) is 8.21. The maximum atomic E-state index is 12.5. The van der Waals surface area contributed by atoms with E-state index in [0.29, 0.717) is 13.1 Å². The van der Waals surface area contributed by atoms with Gasteiger partial charge < -0.3 is 32.0 Å². The Hall–Kier alpha value is -2.99. The summed E-state index contributed by atoms with van der Waals surface area (Å²) in [7, 11) is 0. The van der Waals surface area contributed by atoms with E-state index in [1.54, 1.807) is 0 Å². The number of hydrogen-bond donors (Lipinski definition) is 5. The van der Waals surface area contributed by atoms with Crippen LogP contribution in [0.25, 0.3) is 11.2 Å². The Balaban J connectivity index is 2.15. The van der Waals surface area contributed by atoms with Gasteiger partial charge in [-0.1, -0.05) is 0 Å². The molecule has 0 fully saturated rings. The SMILES string of the molecule is NCCNC(=O)CN(CCN)C(=O)Cn1cnc2c(=O)[nH]c(N)nc21. The van der Waals surface area contributed by atoms with Crippen molar-refractivity contribution < 1.29 is 9.59 Å². The van der Waals surface area contributed by atoms with Crippen molar-refractivity contribution in [2.45, 2.75) is 6.54 Å². The van der Waals surface area contributed by atoms with Gasteiger partial charge in [-0.25, -0.2) is 4.98 Å². The van der Waals surface area contributed by atoms with Gasteiger partial charge in [-0.3, -0.25) is 19.4 Å². The summed E-state index contributed by atoms with van der Waals surface area (Å²) < 4.78 is 1.39. The van der Waals surface area contributed by atoms with E-state index in [2.05, 4.69) is 20.3 Å². The van der Waals surface area contributed by atoms with Gasteiger partial charge in [-0.05, 0) is 0 Å². The first-order valence-corrected chi connectivity index (χ1v) is 7.61. The number of amides is 2. The van der Waals surface area contributed by atoms with Gasteiger partial charge in [0, 0.05) is 26.2 Å². The number of anilines is 1. The average molecular weight is 351 g/mol. The molecule has 12 nitrogen and oxygen atoms in total. The van der Waals surface area contributed by atoms with Crippen LogP contribution < -0.4 is 28.1 Å². The number of nitrogens with one attached hydrogen (secondary N) is 2. The lowest BCUT2D eigenvalue weighted by molar-refractivity contribution is -0.136. The second-order valence-corrected chi connectivity index (χ2v) is 5.24. The molecule has 2 rings (SSSR count). The minimum absolute atomic E-state index is 0.0769. The molecule has 2 aromatic rings. The Bertz CT molecular complexity index is 813. The fourth-order valence-corrected chi connectivity index (χ4v) is 2.22. The maximum Gasteiger partial charge on any atom is 0.280 e. The van der Waals surface area contributed by atoms with Crippen LogP contribution in [0.4, 0.5) is 5.95 Å². The number of hydrogen-bond acceptors (Lipinski definition) is 8. The van der Waals surface area contributed by atoms with Crippen LogP contribution in [0.15, 0.2) is 11.1 Å². The van der Waals surface area contributed by atoms with Crippen molar-refractivity contribution in [1.82, 2.24) is 29.7 Å². The van der Waals surface area contributed by atoms with Gasteiger partial charge in [0.05, 0.1) is 12.9 Å². The Morgan fingerprint density at radius 3 is 2.76 bits per heavy atom. The third-order valence-corrected chi connectivity index (χ3v) is 3.35. The molecule has 0 unspecified atom stereocenters. The Labute approximate surface area is 142 Å². The third kappa shape index (κ3) is 4.51. The maximum absolute atomic E-state index is 12.5. The van der Waals surface area contributed by atoms with Crippen molar-refractivity contribution >= 4 is 28.9 Å². The average Bonchev–Trinajstić information content (AvgIpc) is 2.95. The first-order valence-electron chi connectivity index (χ1n) is 7.61. The molecule has 0 saturated carbocycles. The molecule has 0 aliphatic rings. The number of nitrogens with zero attached hydrogens (tertiary/aromatic N) is 4. The highest BCUT2D eigenvalue weighted by Crippen LogP contribution is 2.07. The van der Waals surface area contributed by atoms with E-state index in [4.69, 9.17) is 17.2 Å². The molecule has 2 heterocycles. The summed E-state index contributed by atoms with van der Waals surface area (Å²) in [6.07, 6.45) is 1.32. The summed E-state index contributed by atoms with van der Waals surface area (Å²) in [5.41, 5.74) is 16.1. The highest BCUT2D eigenvalue weighted by molar-refractivity contribution is 5.85. The molecule has 0 saturated heterocycles. The highest BCUT2D eigenvalue weighted by Gasteiger charge is 2.19. The van der Waals surface area contributed by atoms with E-state index >= 15 is 0 Å². The molecule has 0 aromatic carbocycles. The largest absolute Gasteiger partial charge is 0.369 e. The smallest absolute Gasteiger partial charge is 0.280 e. The van der Waals surface area contributed by atoms with Gasteiger partial charge in [-0.2, -0.15) is 4.98 Å². The molecule has 2 aromatic heterocycles. The van der Waals surface area contributed by atoms with Crippen molar-refractivity contribution in [3.63, 3.8) is 0 Å². The monoisotopic (exact) mass is 351 g/mol. The summed E-state index contributed by atoms with van der Waals surface area (Å²) in [5, 5.41) is 2.59. The van der Waals surface area contributed by atoms with Crippen LogP contribution in [0.2, 0.25) is 0 Å². The molecule has 0 bridgehead atoms. The summed E-state index contributed by atoms with van der Waals surface area (Å²) >= 11 is 0. The van der Waals surface area contributed by atoms with Gasteiger partial charge in [-0.15, -0.1) is 0 Å². The Kier molecular flexibility index (Phi) is 6.03. The Morgan fingerprint density at radius 1 is 1.32 bits per heavy atom. The number of imidazole rings is 1. The molecule has 0 aliphatic heterocycles. The number of H-pyrrole nitrogens is 1. The van der Waals surface area contributed by atoms with Crippen LogP contribution in [0, 0.1) is 0 Å². The van der Waals surface area contributed by atoms with Crippen LogP contribution >= 0.6 is 0 Å². The van der Waals surface area contributed by atoms with Crippen LogP contribution in [0.3, 0.4) is 0 Å². The number of carbonyl (C=O) groups excluding carboxylic acids is 2. The first kappa shape index (κ1) is 18.4. The number of carbonyl (C=O) groups is 2. The lowest BCUT2D eigenvalue weighted by Gasteiger charge is -2.21. The summed E-state index contributed by atoms with van der Waals surface area (Å²) in [6.45, 7) is 0.735. The first-order chi connectivity index (χ1) is 12.0. The molecule has 12 heteroatoms. The van der Waals surface area contributed by atoms with Gasteiger partial charge in [0.15, 0.2) is 11.2 Å². The minimum Gasteiger partial charge on any atom is -0.369 e. The van der Waals surface area contributed by atoms with E-state index in [9.17, 15) is 14.4 Å². The molecule has 0 atom stereocenters. The lowest BCUT2D eigenvalue weighted by Crippen LogP contribution is -2.45. The van der Waals surface area contributed by atoms with E-state index in [1.807, 2.05) is 0 Å². The van der Waals surface area contributed by atoms with Crippen molar-refractivity contribution in [3.8, 4) is 0 Å². The highest BCUT2D eigenvalue weighted by atomic mass is 16.2. The molecule has 0 radical (unpaired) electrons. The molecule has 0 aliphatic carbocycles. The molecule has 8 N–H and O–H groups in total. The standard InChI is InChI=1S/C13H21N9O3/c14-1-3-17-8(23)5-21(4-2-15)9(24)6-22-7-18-10-11(22)19-13(16)20-12(10)25/h7H,1-6,14-15H2,(H,17,23)(H3,16,19,20,25). The van der Waals surface area contributed by atoms with Crippen molar-refractivity contribution in [3.05, 3.63) is 16.7 Å². The van der Waals surface area contributed by atoms with E-state index in [1.165, 1.54) is 15.8 Å². The van der Waals surface area contributed by atoms with Gasteiger partial charge in [0.2, 0.25) is 17.8 Å². The topological polar surface area (TPSA) is 191 Å². The zero-order chi connectivity index (χ0) is 18.4. The minimum atomic E-state index is -0.492. The Morgan fingerprint density at radius 2 is 2.08 bits per heavy atom. The number of nitrogen functional groups attached to an aromatic ring is 1. The van der Waals surface area contributed by atoms with Crippen LogP contribution in [-0.2, 0) is 16.1 Å². The fraction of sp³-hybridized carbons (Fsp3) is 0.462. The zero-order valence-electron chi connectivity index (χ0n) is 13.6. The van der Waals surface area contributed by atoms with Gasteiger partial charge in [0.1, 0.15) is 6.54 Å². The quantitative estimate of drug-likeness (QED) is 0.324. The van der Waals surface area contributed by atoms with Gasteiger partial charge in [0.25, 0.3) is 5.56 Å². The van der Waals surface area contributed by atoms with E-state index in [0.717, 1.165) is 0 Å². The number of aromatic nitrogens is 4. The summed E-state index contributed by atoms with van der Waals surface area (Å²) in [6, 6.07) is 0. The lowest BCUT2D eigenvalue weighted by atomic mass is 10.4. The number of nitrogens with two attached hydrogens (primary N) is 3. The molecule has 25 heavy (non-hydrogen) atoms. The van der Waals surface area contributed by atoms with Crippen LogP contribution in [0.1, 0.15) is 0 Å². The molecule has 0 spiro atoms. The number of aromatic amines is 1. The molecular formula is C13H21N9O3. The number of fused-ring (bicyclic) bond motifs is 1. The van der Waals surface area contributed by atoms with E-state index in [-0.39, 0.29) is 55.1 Å². The van der Waals surface area contributed by atoms with Crippen molar-refractivity contribution in [1.29, 1.82) is 0 Å². The fourth-order valence-electron chi connectivity index (χ4n) is 2.22. The van der Waals surface area contributed by atoms with Crippen molar-refractivity contribution in [2.75, 3.05) is 38.5 Å². The normalized spacial score (nSPS) is 10.8. The van der Waals surface area contributed by atoms with Crippen LogP contribution in [-0.4, -0.2) is 69.0 Å². The molecule has 2 amide bonds. The molecule has 136 valence electrons. The zero-order valence-corrected chi connectivity index (χ0v) is 13.6. The molecular weight excluding hydrogens is 330 g/mol. The van der Waals surface area contributed by atoms with E-state index < -0.39 is 5.56 Å².